The number of ether oxygens (including phenoxy) is 2. The van der Waals surface area contributed by atoms with E-state index in [2.05, 4.69) is 28.8 Å². The van der Waals surface area contributed by atoms with Gasteiger partial charge in [0.15, 0.2) is 12.2 Å². The van der Waals surface area contributed by atoms with Gasteiger partial charge in [0.05, 0.1) is 7.11 Å². The summed E-state index contributed by atoms with van der Waals surface area (Å²) in [5, 5.41) is 3.38. The Balaban J connectivity index is 2.20. The van der Waals surface area contributed by atoms with Crippen LogP contribution in [0, 0.1) is 6.92 Å². The Labute approximate surface area is 192 Å². The van der Waals surface area contributed by atoms with Crippen molar-refractivity contribution in [3.05, 3.63) is 38.7 Å². The Bertz CT molecular complexity index is 1020. The van der Waals surface area contributed by atoms with Gasteiger partial charge in [-0.15, -0.1) is 0 Å². The SMILES string of the molecule is CCC(NC(=O)COc1ccc2c(C)c(CCN(CC)CC)c(=O)oc2c1Cl)C(=O)OC. The second kappa shape index (κ2) is 11.9. The molecule has 176 valence electrons. The number of carbonyl (C=O) groups excluding carboxylic acids is 2. The molecule has 9 heteroatoms. The lowest BCUT2D eigenvalue weighted by molar-refractivity contribution is -0.145. The number of benzene rings is 1. The summed E-state index contributed by atoms with van der Waals surface area (Å²) in [5.41, 5.74) is 1.24. The standard InChI is InChI=1S/C23H31ClN2O6/c1-6-17(23(29)30-5)25-19(27)13-31-18-10-9-15-14(4)16(11-12-26(7-2)8-3)22(28)32-21(15)20(18)24/h9-10,17H,6-8,11-13H2,1-5H3,(H,25,27). The van der Waals surface area contributed by atoms with E-state index in [1.54, 1.807) is 19.1 Å². The highest BCUT2D eigenvalue weighted by molar-refractivity contribution is 6.36. The fourth-order valence-electron chi connectivity index (χ4n) is 3.46. The average Bonchev–Trinajstić information content (AvgIpc) is 2.79. The Kier molecular flexibility index (Phi) is 9.53. The first-order valence-corrected chi connectivity index (χ1v) is 11.1. The number of carbonyl (C=O) groups is 2. The monoisotopic (exact) mass is 466 g/mol. The number of rotatable bonds is 11. The first-order chi connectivity index (χ1) is 15.3. The van der Waals surface area contributed by atoms with Crippen LogP contribution in [0.15, 0.2) is 21.3 Å². The van der Waals surface area contributed by atoms with Gasteiger partial charge in [-0.05, 0) is 50.6 Å². The lowest BCUT2D eigenvalue weighted by atomic mass is 10.0. The Morgan fingerprint density at radius 3 is 2.50 bits per heavy atom. The molecule has 1 amide bonds. The molecule has 1 unspecified atom stereocenters. The van der Waals surface area contributed by atoms with Gasteiger partial charge in [0.2, 0.25) is 0 Å². The number of esters is 1. The number of aryl methyl sites for hydroxylation is 1. The molecular formula is C23H31ClN2O6. The second-order valence-corrected chi connectivity index (χ2v) is 7.74. The predicted octanol–water partition coefficient (Wildman–Crippen LogP) is 3.09. The number of halogens is 1. The molecule has 0 fully saturated rings. The number of hydrogen-bond acceptors (Lipinski definition) is 7. The van der Waals surface area contributed by atoms with Crippen LogP contribution in [0.2, 0.25) is 5.02 Å². The van der Waals surface area contributed by atoms with Gasteiger partial charge in [0.1, 0.15) is 16.8 Å². The van der Waals surface area contributed by atoms with E-state index in [0.717, 1.165) is 30.6 Å². The van der Waals surface area contributed by atoms with E-state index in [-0.39, 0.29) is 23.0 Å². The number of fused-ring (bicyclic) bond motifs is 1. The quantitative estimate of drug-likeness (QED) is 0.401. The summed E-state index contributed by atoms with van der Waals surface area (Å²) >= 11 is 6.43. The molecule has 1 heterocycles. The van der Waals surface area contributed by atoms with Crippen LogP contribution in [0.1, 0.15) is 38.3 Å². The Hall–Kier alpha value is -2.58. The number of nitrogens with zero attached hydrogens (tertiary/aromatic N) is 1. The number of nitrogens with one attached hydrogen (secondary N) is 1. The van der Waals surface area contributed by atoms with Gasteiger partial charge < -0.3 is 24.1 Å². The Morgan fingerprint density at radius 2 is 1.91 bits per heavy atom. The van der Waals surface area contributed by atoms with Crippen molar-refractivity contribution in [1.29, 1.82) is 0 Å². The lowest BCUT2D eigenvalue weighted by Crippen LogP contribution is -2.43. The number of methoxy groups -OCH3 is 1. The van der Waals surface area contributed by atoms with E-state index in [9.17, 15) is 14.4 Å². The van der Waals surface area contributed by atoms with Gasteiger partial charge in [-0.1, -0.05) is 32.4 Å². The largest absolute Gasteiger partial charge is 0.482 e. The molecule has 2 rings (SSSR count). The van der Waals surface area contributed by atoms with Crippen molar-refractivity contribution in [3.63, 3.8) is 0 Å². The molecule has 0 radical (unpaired) electrons. The maximum atomic E-state index is 12.6. The molecule has 32 heavy (non-hydrogen) atoms. The Morgan fingerprint density at radius 1 is 1.22 bits per heavy atom. The summed E-state index contributed by atoms with van der Waals surface area (Å²) in [5.74, 6) is -0.819. The zero-order valence-electron chi connectivity index (χ0n) is 19.2. The zero-order chi connectivity index (χ0) is 23.8. The summed E-state index contributed by atoms with van der Waals surface area (Å²) in [4.78, 5) is 38.6. The van der Waals surface area contributed by atoms with Crippen molar-refractivity contribution in [2.75, 3.05) is 33.4 Å². The zero-order valence-corrected chi connectivity index (χ0v) is 20.0. The summed E-state index contributed by atoms with van der Waals surface area (Å²) < 4.78 is 15.7. The van der Waals surface area contributed by atoms with Gasteiger partial charge in [-0.2, -0.15) is 0 Å². The van der Waals surface area contributed by atoms with Crippen LogP contribution in [0.25, 0.3) is 11.0 Å². The van der Waals surface area contributed by atoms with Crippen LogP contribution < -0.4 is 15.7 Å². The highest BCUT2D eigenvalue weighted by atomic mass is 35.5. The fourth-order valence-corrected chi connectivity index (χ4v) is 3.72. The minimum Gasteiger partial charge on any atom is -0.482 e. The molecule has 0 aliphatic rings. The van der Waals surface area contributed by atoms with Crippen molar-refractivity contribution in [2.45, 2.75) is 46.6 Å². The second-order valence-electron chi connectivity index (χ2n) is 7.36. The maximum Gasteiger partial charge on any atom is 0.339 e. The minimum atomic E-state index is -0.751. The van der Waals surface area contributed by atoms with Crippen LogP contribution >= 0.6 is 11.6 Å². The minimum absolute atomic E-state index is 0.116. The number of likely N-dealkylation sites (N-methyl/N-ethyl adjacent to an activating group) is 1. The third kappa shape index (κ3) is 6.01. The van der Waals surface area contributed by atoms with E-state index in [0.29, 0.717) is 18.4 Å². The van der Waals surface area contributed by atoms with Crippen LogP contribution in [-0.2, 0) is 20.7 Å². The smallest absolute Gasteiger partial charge is 0.339 e. The third-order valence-corrected chi connectivity index (χ3v) is 5.88. The van der Waals surface area contributed by atoms with Crippen LogP contribution in [-0.4, -0.2) is 56.2 Å². The van der Waals surface area contributed by atoms with Crippen molar-refractivity contribution >= 4 is 34.4 Å². The summed E-state index contributed by atoms with van der Waals surface area (Å²) in [6, 6.07) is 2.65. The van der Waals surface area contributed by atoms with Crippen molar-refractivity contribution in [1.82, 2.24) is 10.2 Å². The predicted molar refractivity (Wildman–Crippen MR) is 123 cm³/mol. The van der Waals surface area contributed by atoms with Crippen molar-refractivity contribution in [2.24, 2.45) is 0 Å². The highest BCUT2D eigenvalue weighted by Gasteiger charge is 2.21. The molecule has 1 aromatic carbocycles. The molecule has 1 atom stereocenters. The highest BCUT2D eigenvalue weighted by Crippen LogP contribution is 2.34. The van der Waals surface area contributed by atoms with Crippen LogP contribution in [0.5, 0.6) is 5.75 Å². The molecule has 8 nitrogen and oxygen atoms in total. The van der Waals surface area contributed by atoms with E-state index in [4.69, 9.17) is 20.8 Å². The van der Waals surface area contributed by atoms with E-state index in [1.807, 2.05) is 6.92 Å². The average molecular weight is 467 g/mol. The first-order valence-electron chi connectivity index (χ1n) is 10.7. The van der Waals surface area contributed by atoms with Gasteiger partial charge in [-0.25, -0.2) is 9.59 Å². The number of hydrogen-bond donors (Lipinski definition) is 1. The lowest BCUT2D eigenvalue weighted by Gasteiger charge is -2.18. The first kappa shape index (κ1) is 25.7. The summed E-state index contributed by atoms with van der Waals surface area (Å²) in [7, 11) is 1.26. The molecule has 0 aliphatic carbocycles. The topological polar surface area (TPSA) is 98.1 Å². The van der Waals surface area contributed by atoms with Crippen molar-refractivity contribution < 1.29 is 23.5 Å². The van der Waals surface area contributed by atoms with Gasteiger partial charge in [-0.3, -0.25) is 4.79 Å². The molecule has 1 aromatic heterocycles. The van der Waals surface area contributed by atoms with Gasteiger partial charge in [0, 0.05) is 17.5 Å². The molecule has 2 aromatic rings. The maximum absolute atomic E-state index is 12.6. The molecular weight excluding hydrogens is 436 g/mol. The molecule has 0 saturated heterocycles. The summed E-state index contributed by atoms with van der Waals surface area (Å²) in [6.07, 6.45) is 0.969. The molecule has 1 N–H and O–H groups in total. The van der Waals surface area contributed by atoms with E-state index in [1.165, 1.54) is 7.11 Å². The number of amides is 1. The van der Waals surface area contributed by atoms with E-state index < -0.39 is 23.5 Å². The fraction of sp³-hybridized carbons (Fsp3) is 0.522. The van der Waals surface area contributed by atoms with Gasteiger partial charge in [0.25, 0.3) is 5.91 Å². The molecule has 0 bridgehead atoms. The van der Waals surface area contributed by atoms with Crippen molar-refractivity contribution in [3.8, 4) is 5.75 Å². The third-order valence-electron chi connectivity index (χ3n) is 5.52. The normalized spacial score (nSPS) is 12.1. The van der Waals surface area contributed by atoms with Gasteiger partial charge >= 0.3 is 11.6 Å². The molecule has 0 aliphatic heterocycles. The molecule has 0 spiro atoms. The van der Waals surface area contributed by atoms with Crippen LogP contribution in [0.3, 0.4) is 0 Å². The van der Waals surface area contributed by atoms with Crippen LogP contribution in [0.4, 0.5) is 0 Å². The van der Waals surface area contributed by atoms with E-state index >= 15 is 0 Å². The molecule has 0 saturated carbocycles. The summed E-state index contributed by atoms with van der Waals surface area (Å²) in [6.45, 7) is 10.0.